The van der Waals surface area contributed by atoms with Gasteiger partial charge in [-0.2, -0.15) is 11.8 Å². The van der Waals surface area contributed by atoms with Gasteiger partial charge in [0.15, 0.2) is 0 Å². The van der Waals surface area contributed by atoms with Gasteiger partial charge >= 0.3 is 0 Å². The molecule has 3 heteroatoms. The predicted molar refractivity (Wildman–Crippen MR) is 76.9 cm³/mol. The van der Waals surface area contributed by atoms with E-state index in [1.165, 1.54) is 5.56 Å². The van der Waals surface area contributed by atoms with Crippen LogP contribution >= 0.6 is 11.8 Å². The number of phenols is 1. The van der Waals surface area contributed by atoms with Crippen molar-refractivity contribution in [1.29, 1.82) is 0 Å². The van der Waals surface area contributed by atoms with Gasteiger partial charge in [-0.1, -0.05) is 24.6 Å². The molecule has 2 N–H and O–H groups in total. The average Bonchev–Trinajstić information content (AvgIpc) is 2.31. The zero-order valence-corrected chi connectivity index (χ0v) is 12.0. The van der Waals surface area contributed by atoms with Crippen LogP contribution in [-0.4, -0.2) is 23.2 Å². The summed E-state index contributed by atoms with van der Waals surface area (Å²) in [5, 5.41) is 13.4. The Bertz CT molecular complexity index is 354. The fraction of sp³-hybridized carbons (Fsp3) is 0.571. The molecule has 2 atom stereocenters. The maximum atomic E-state index is 9.88. The van der Waals surface area contributed by atoms with Crippen molar-refractivity contribution >= 4 is 11.8 Å². The molecule has 0 amide bonds. The first-order valence-electron chi connectivity index (χ1n) is 6.13. The molecule has 0 aliphatic carbocycles. The average molecular weight is 253 g/mol. The van der Waals surface area contributed by atoms with Gasteiger partial charge in [-0.05, 0) is 32.6 Å². The molecule has 2 unspecified atom stereocenters. The van der Waals surface area contributed by atoms with E-state index in [2.05, 4.69) is 38.4 Å². The van der Waals surface area contributed by atoms with E-state index < -0.39 is 0 Å². The molecule has 0 spiro atoms. The molecule has 0 aromatic heterocycles. The van der Waals surface area contributed by atoms with Crippen LogP contribution in [0.1, 0.15) is 37.4 Å². The third kappa shape index (κ3) is 4.25. The van der Waals surface area contributed by atoms with Gasteiger partial charge in [0.2, 0.25) is 0 Å². The number of benzene rings is 1. The van der Waals surface area contributed by atoms with Gasteiger partial charge in [0.05, 0.1) is 0 Å². The van der Waals surface area contributed by atoms with Crippen LogP contribution in [0.4, 0.5) is 0 Å². The summed E-state index contributed by atoms with van der Waals surface area (Å²) in [5.74, 6) is 1.49. The Morgan fingerprint density at radius 2 is 2.12 bits per heavy atom. The summed E-state index contributed by atoms with van der Waals surface area (Å²) in [5.41, 5.74) is 2.17. The minimum atomic E-state index is 0.187. The SMILES string of the molecule is CCC(CSC)NC(C)c1cc(C)ccc1O. The fourth-order valence-electron chi connectivity index (χ4n) is 1.95. The second-order valence-electron chi connectivity index (χ2n) is 4.51. The van der Waals surface area contributed by atoms with Crippen LogP contribution in [0.5, 0.6) is 5.75 Å². The Labute approximate surface area is 109 Å². The molecule has 0 saturated heterocycles. The van der Waals surface area contributed by atoms with E-state index in [4.69, 9.17) is 0 Å². The van der Waals surface area contributed by atoms with E-state index in [9.17, 15) is 5.11 Å². The molecule has 0 radical (unpaired) electrons. The third-order valence-corrected chi connectivity index (χ3v) is 3.73. The molecule has 1 aromatic carbocycles. The highest BCUT2D eigenvalue weighted by Crippen LogP contribution is 2.25. The monoisotopic (exact) mass is 253 g/mol. The Kier molecular flexibility index (Phi) is 5.86. The molecular formula is C14H23NOS. The Balaban J connectivity index is 2.74. The lowest BCUT2D eigenvalue weighted by Gasteiger charge is -2.22. The Hall–Kier alpha value is -0.670. The third-order valence-electron chi connectivity index (χ3n) is 3.00. The summed E-state index contributed by atoms with van der Waals surface area (Å²) in [6.07, 6.45) is 3.23. The molecule has 0 bridgehead atoms. The number of hydrogen-bond acceptors (Lipinski definition) is 3. The van der Waals surface area contributed by atoms with E-state index in [1.54, 1.807) is 6.07 Å². The first kappa shape index (κ1) is 14.4. The smallest absolute Gasteiger partial charge is 0.120 e. The van der Waals surface area contributed by atoms with Crippen molar-refractivity contribution < 1.29 is 5.11 Å². The van der Waals surface area contributed by atoms with Gasteiger partial charge < -0.3 is 10.4 Å². The van der Waals surface area contributed by atoms with Crippen molar-refractivity contribution in [2.24, 2.45) is 0 Å². The summed E-state index contributed by atoms with van der Waals surface area (Å²) >= 11 is 1.85. The standard InChI is InChI=1S/C14H23NOS/c1-5-12(9-17-4)15-11(3)13-8-10(2)6-7-14(13)16/h6-8,11-12,15-16H,5,9H2,1-4H3. The Morgan fingerprint density at radius 1 is 1.41 bits per heavy atom. The van der Waals surface area contributed by atoms with Crippen LogP contribution in [0, 0.1) is 6.92 Å². The number of hydrogen-bond donors (Lipinski definition) is 2. The maximum Gasteiger partial charge on any atom is 0.120 e. The molecule has 0 saturated carbocycles. The summed E-state index contributed by atoms with van der Waals surface area (Å²) in [6.45, 7) is 6.35. The lowest BCUT2D eigenvalue weighted by Crippen LogP contribution is -2.33. The molecule has 1 rings (SSSR count). The van der Waals surface area contributed by atoms with Gasteiger partial charge in [0.1, 0.15) is 5.75 Å². The second kappa shape index (κ2) is 6.92. The predicted octanol–water partition coefficient (Wildman–Crippen LogP) is 3.49. The highest BCUT2D eigenvalue weighted by atomic mass is 32.2. The van der Waals surface area contributed by atoms with E-state index in [0.29, 0.717) is 11.8 Å². The van der Waals surface area contributed by atoms with Gasteiger partial charge in [-0.25, -0.2) is 0 Å². The molecule has 2 nitrogen and oxygen atoms in total. The quantitative estimate of drug-likeness (QED) is 0.814. The molecule has 96 valence electrons. The number of thioether (sulfide) groups is 1. The highest BCUT2D eigenvalue weighted by molar-refractivity contribution is 7.98. The van der Waals surface area contributed by atoms with Gasteiger partial charge in [0, 0.05) is 23.4 Å². The van der Waals surface area contributed by atoms with Crippen LogP contribution in [0.15, 0.2) is 18.2 Å². The molecule has 0 aliphatic rings. The minimum Gasteiger partial charge on any atom is -0.508 e. The van der Waals surface area contributed by atoms with Crippen molar-refractivity contribution in [1.82, 2.24) is 5.32 Å². The molecule has 1 aromatic rings. The van der Waals surface area contributed by atoms with Crippen molar-refractivity contribution in [2.75, 3.05) is 12.0 Å². The van der Waals surface area contributed by atoms with E-state index in [1.807, 2.05) is 17.8 Å². The lowest BCUT2D eigenvalue weighted by molar-refractivity contribution is 0.432. The van der Waals surface area contributed by atoms with Gasteiger partial charge in [0.25, 0.3) is 0 Å². The normalized spacial score (nSPS) is 14.6. The van der Waals surface area contributed by atoms with Gasteiger partial charge in [-0.3, -0.25) is 0 Å². The Morgan fingerprint density at radius 3 is 2.71 bits per heavy atom. The first-order chi connectivity index (χ1) is 8.08. The summed E-state index contributed by atoms with van der Waals surface area (Å²) in [7, 11) is 0. The fourth-order valence-corrected chi connectivity index (χ4v) is 2.68. The van der Waals surface area contributed by atoms with Crippen molar-refractivity contribution in [3.8, 4) is 5.75 Å². The molecule has 0 heterocycles. The zero-order chi connectivity index (χ0) is 12.8. The van der Waals surface area contributed by atoms with Crippen LogP contribution in [-0.2, 0) is 0 Å². The van der Waals surface area contributed by atoms with E-state index >= 15 is 0 Å². The van der Waals surface area contributed by atoms with Crippen LogP contribution in [0.2, 0.25) is 0 Å². The summed E-state index contributed by atoms with van der Waals surface area (Å²) in [4.78, 5) is 0. The maximum absolute atomic E-state index is 9.88. The highest BCUT2D eigenvalue weighted by Gasteiger charge is 2.14. The first-order valence-corrected chi connectivity index (χ1v) is 7.52. The topological polar surface area (TPSA) is 32.3 Å². The van der Waals surface area contributed by atoms with E-state index in [0.717, 1.165) is 17.7 Å². The zero-order valence-electron chi connectivity index (χ0n) is 11.2. The second-order valence-corrected chi connectivity index (χ2v) is 5.42. The molecular weight excluding hydrogens is 230 g/mol. The van der Waals surface area contributed by atoms with Crippen LogP contribution < -0.4 is 5.32 Å². The van der Waals surface area contributed by atoms with E-state index in [-0.39, 0.29) is 6.04 Å². The molecule has 0 fully saturated rings. The number of rotatable bonds is 6. The van der Waals surface area contributed by atoms with Crippen LogP contribution in [0.3, 0.4) is 0 Å². The number of aryl methyl sites for hydroxylation is 1. The molecule has 0 aliphatic heterocycles. The number of aromatic hydroxyl groups is 1. The number of nitrogens with one attached hydrogen (secondary N) is 1. The largest absolute Gasteiger partial charge is 0.508 e. The summed E-state index contributed by atoms with van der Waals surface area (Å²) in [6, 6.07) is 6.45. The molecule has 17 heavy (non-hydrogen) atoms. The van der Waals surface area contributed by atoms with Crippen molar-refractivity contribution in [3.63, 3.8) is 0 Å². The minimum absolute atomic E-state index is 0.187. The van der Waals surface area contributed by atoms with Crippen LogP contribution in [0.25, 0.3) is 0 Å². The number of phenolic OH excluding ortho intramolecular Hbond substituents is 1. The van der Waals surface area contributed by atoms with Crippen molar-refractivity contribution in [3.05, 3.63) is 29.3 Å². The van der Waals surface area contributed by atoms with Crippen molar-refractivity contribution in [2.45, 2.75) is 39.3 Å². The lowest BCUT2D eigenvalue weighted by atomic mass is 10.0. The summed E-state index contributed by atoms with van der Waals surface area (Å²) < 4.78 is 0. The van der Waals surface area contributed by atoms with Gasteiger partial charge in [-0.15, -0.1) is 0 Å².